The summed E-state index contributed by atoms with van der Waals surface area (Å²) in [6.45, 7) is 0. The summed E-state index contributed by atoms with van der Waals surface area (Å²) >= 11 is 0. The number of pyridine rings is 1. The summed E-state index contributed by atoms with van der Waals surface area (Å²) in [5, 5.41) is 20.3. The molecular formula is C16H14N2O4. The zero-order valence-electron chi connectivity index (χ0n) is 11.8. The van der Waals surface area contributed by atoms with Crippen LogP contribution < -0.4 is 0 Å². The van der Waals surface area contributed by atoms with Crippen molar-refractivity contribution in [1.29, 1.82) is 0 Å². The van der Waals surface area contributed by atoms with Crippen LogP contribution in [-0.4, -0.2) is 32.8 Å². The molecule has 0 saturated carbocycles. The zero-order valence-corrected chi connectivity index (χ0v) is 11.8. The largest absolute Gasteiger partial charge is 0.508 e. The van der Waals surface area contributed by atoms with E-state index in [0.717, 1.165) is 0 Å². The van der Waals surface area contributed by atoms with E-state index >= 15 is 0 Å². The molecule has 3 rings (SSSR count). The molecule has 0 aliphatic heterocycles. The number of ether oxygens (including phenoxy) is 1. The number of hydrogen-bond acceptors (Lipinski definition) is 5. The van der Waals surface area contributed by atoms with Gasteiger partial charge in [-0.3, -0.25) is 9.55 Å². The predicted molar refractivity (Wildman–Crippen MR) is 79.7 cm³/mol. The number of nitrogens with zero attached hydrogens (tertiary/aromatic N) is 2. The lowest BCUT2D eigenvalue weighted by atomic mass is 10.1. The Hall–Kier alpha value is -3.02. The smallest absolute Gasteiger partial charge is 0.333 e. The van der Waals surface area contributed by atoms with Crippen molar-refractivity contribution in [2.24, 2.45) is 0 Å². The van der Waals surface area contributed by atoms with Gasteiger partial charge >= 0.3 is 5.97 Å². The zero-order chi connectivity index (χ0) is 15.7. The molecule has 1 atom stereocenters. The summed E-state index contributed by atoms with van der Waals surface area (Å²) in [6, 6.07) is 8.73. The second-order valence-electron chi connectivity index (χ2n) is 4.81. The molecule has 2 aromatic heterocycles. The molecule has 112 valence electrons. The van der Waals surface area contributed by atoms with E-state index < -0.39 is 12.0 Å². The number of aromatic nitrogens is 2. The first-order valence-corrected chi connectivity index (χ1v) is 6.63. The maximum Gasteiger partial charge on any atom is 0.333 e. The molecular weight excluding hydrogens is 284 g/mol. The number of rotatable bonds is 3. The normalized spacial score (nSPS) is 12.2. The highest BCUT2D eigenvalue weighted by atomic mass is 16.5. The van der Waals surface area contributed by atoms with Gasteiger partial charge in [-0.2, -0.15) is 0 Å². The van der Waals surface area contributed by atoms with Crippen LogP contribution >= 0.6 is 0 Å². The molecule has 0 aliphatic rings. The predicted octanol–water partition coefficient (Wildman–Crippen LogP) is 2.21. The molecule has 0 aliphatic carbocycles. The Morgan fingerprint density at radius 2 is 1.95 bits per heavy atom. The van der Waals surface area contributed by atoms with Crippen molar-refractivity contribution in [3.63, 3.8) is 0 Å². The molecule has 1 aromatic carbocycles. The number of carbonyl (C=O) groups is 1. The van der Waals surface area contributed by atoms with Crippen LogP contribution in [0.2, 0.25) is 0 Å². The summed E-state index contributed by atoms with van der Waals surface area (Å²) in [5.41, 5.74) is 1.16. The third-order valence-corrected chi connectivity index (χ3v) is 3.50. The Morgan fingerprint density at radius 3 is 2.59 bits per heavy atom. The number of hydrogen-bond donors (Lipinski definition) is 2. The average Bonchev–Trinajstić information content (AvgIpc) is 2.87. The van der Waals surface area contributed by atoms with Gasteiger partial charge in [-0.1, -0.05) is 12.1 Å². The van der Waals surface area contributed by atoms with Crippen molar-refractivity contribution in [3.8, 4) is 11.6 Å². The highest BCUT2D eigenvalue weighted by Crippen LogP contribution is 2.32. The first-order valence-electron chi connectivity index (χ1n) is 6.63. The topological polar surface area (TPSA) is 84.6 Å². The van der Waals surface area contributed by atoms with E-state index in [1.807, 2.05) is 0 Å². The van der Waals surface area contributed by atoms with Crippen LogP contribution in [0.25, 0.3) is 10.9 Å². The molecule has 0 unspecified atom stereocenters. The molecule has 0 spiro atoms. The van der Waals surface area contributed by atoms with Crippen LogP contribution in [0, 0.1) is 0 Å². The van der Waals surface area contributed by atoms with Crippen molar-refractivity contribution < 1.29 is 19.7 Å². The molecule has 6 heteroatoms. The molecule has 6 nitrogen and oxygen atoms in total. The van der Waals surface area contributed by atoms with Gasteiger partial charge in [0.2, 0.25) is 5.88 Å². The molecule has 0 bridgehead atoms. The van der Waals surface area contributed by atoms with Crippen molar-refractivity contribution in [3.05, 3.63) is 54.4 Å². The minimum Gasteiger partial charge on any atom is -0.508 e. The number of carbonyl (C=O) groups excluding carboxylic acids is 1. The Bertz CT molecular complexity index is 824. The van der Waals surface area contributed by atoms with Crippen LogP contribution in [-0.2, 0) is 9.53 Å². The van der Waals surface area contributed by atoms with Crippen LogP contribution in [0.3, 0.4) is 0 Å². The quantitative estimate of drug-likeness (QED) is 0.724. The lowest BCUT2D eigenvalue weighted by Crippen LogP contribution is -2.21. The number of aromatic hydroxyl groups is 2. The lowest BCUT2D eigenvalue weighted by Gasteiger charge is -2.17. The number of esters is 1. The van der Waals surface area contributed by atoms with Gasteiger partial charge in [0.25, 0.3) is 0 Å². The van der Waals surface area contributed by atoms with Crippen LogP contribution in [0.1, 0.15) is 11.6 Å². The van der Waals surface area contributed by atoms with Crippen LogP contribution in [0.4, 0.5) is 0 Å². The van der Waals surface area contributed by atoms with Gasteiger partial charge < -0.3 is 14.9 Å². The molecule has 0 fully saturated rings. The summed E-state index contributed by atoms with van der Waals surface area (Å²) in [4.78, 5) is 16.4. The lowest BCUT2D eigenvalue weighted by molar-refractivity contribution is -0.143. The van der Waals surface area contributed by atoms with E-state index in [4.69, 9.17) is 4.74 Å². The minimum atomic E-state index is -0.861. The third kappa shape index (κ3) is 2.24. The maximum absolute atomic E-state index is 12.2. The Balaban J connectivity index is 2.18. The number of phenols is 1. The van der Waals surface area contributed by atoms with E-state index in [9.17, 15) is 15.0 Å². The fourth-order valence-electron chi connectivity index (χ4n) is 2.42. The fraction of sp³-hybridized carbons (Fsp3) is 0.125. The molecule has 2 N–H and O–H groups in total. The number of benzene rings is 1. The van der Waals surface area contributed by atoms with E-state index in [-0.39, 0.29) is 11.6 Å². The first kappa shape index (κ1) is 13.9. The monoisotopic (exact) mass is 298 g/mol. The molecule has 3 aromatic rings. The van der Waals surface area contributed by atoms with Gasteiger partial charge in [-0.15, -0.1) is 0 Å². The summed E-state index contributed by atoms with van der Waals surface area (Å²) < 4.78 is 6.26. The van der Waals surface area contributed by atoms with E-state index in [0.29, 0.717) is 16.5 Å². The van der Waals surface area contributed by atoms with Gasteiger partial charge in [0.05, 0.1) is 18.0 Å². The third-order valence-electron chi connectivity index (χ3n) is 3.50. The van der Waals surface area contributed by atoms with Crippen molar-refractivity contribution in [1.82, 2.24) is 9.55 Å². The van der Waals surface area contributed by atoms with Gasteiger partial charge in [0.1, 0.15) is 5.75 Å². The second kappa shape index (κ2) is 5.40. The van der Waals surface area contributed by atoms with E-state index in [1.165, 1.54) is 23.8 Å². The maximum atomic E-state index is 12.2. The summed E-state index contributed by atoms with van der Waals surface area (Å²) in [6.07, 6.45) is 3.21. The first-order chi connectivity index (χ1) is 10.6. The highest BCUT2D eigenvalue weighted by Gasteiger charge is 2.26. The van der Waals surface area contributed by atoms with Gasteiger partial charge in [0.15, 0.2) is 6.04 Å². The van der Waals surface area contributed by atoms with Gasteiger partial charge in [0, 0.05) is 12.4 Å². The highest BCUT2D eigenvalue weighted by molar-refractivity contribution is 5.87. The van der Waals surface area contributed by atoms with E-state index in [2.05, 4.69) is 4.98 Å². The standard InChI is InChI=1S/C16H14N2O4/c1-22-16(21)14(10-4-6-11(19)7-5-10)18-9-13-12(15(18)20)3-2-8-17-13/h2-9,14,19-20H,1H3/t14-/m1/s1. The van der Waals surface area contributed by atoms with Gasteiger partial charge in [-0.25, -0.2) is 4.79 Å². The second-order valence-corrected chi connectivity index (χ2v) is 4.81. The van der Waals surface area contributed by atoms with Gasteiger partial charge in [-0.05, 0) is 29.8 Å². The molecule has 0 amide bonds. The average molecular weight is 298 g/mol. The van der Waals surface area contributed by atoms with Crippen LogP contribution in [0.15, 0.2) is 48.8 Å². The summed E-state index contributed by atoms with van der Waals surface area (Å²) in [5.74, 6) is -0.496. The fourth-order valence-corrected chi connectivity index (χ4v) is 2.42. The minimum absolute atomic E-state index is 0.0634. The number of methoxy groups -OCH3 is 1. The summed E-state index contributed by atoms with van der Waals surface area (Å²) in [7, 11) is 1.29. The Morgan fingerprint density at radius 1 is 1.23 bits per heavy atom. The Kier molecular flexibility index (Phi) is 3.42. The van der Waals surface area contributed by atoms with Crippen LogP contribution in [0.5, 0.6) is 11.6 Å². The SMILES string of the molecule is COC(=O)[C@@H](c1ccc(O)cc1)n1cc2ncccc2c1O. The van der Waals surface area contributed by atoms with E-state index in [1.54, 1.807) is 36.7 Å². The number of phenolic OH excluding ortho intramolecular Hbond substituents is 1. The van der Waals surface area contributed by atoms with Crippen molar-refractivity contribution in [2.75, 3.05) is 7.11 Å². The molecule has 2 heterocycles. The molecule has 0 radical (unpaired) electrons. The Labute approximate surface area is 126 Å². The van der Waals surface area contributed by atoms with Crippen molar-refractivity contribution >= 4 is 16.9 Å². The molecule has 0 saturated heterocycles. The number of fused-ring (bicyclic) bond motifs is 1. The molecule has 22 heavy (non-hydrogen) atoms. The van der Waals surface area contributed by atoms with Crippen molar-refractivity contribution in [2.45, 2.75) is 6.04 Å².